The van der Waals surface area contributed by atoms with Crippen LogP contribution in [0, 0.1) is 0 Å². The van der Waals surface area contributed by atoms with E-state index in [2.05, 4.69) is 48.1 Å². The molecule has 2 aromatic rings. The molecule has 4 heteroatoms. The molecule has 134 valence electrons. The van der Waals surface area contributed by atoms with Gasteiger partial charge in [0.1, 0.15) is 5.82 Å². The van der Waals surface area contributed by atoms with Gasteiger partial charge in [0.25, 0.3) is 5.91 Å². The molecule has 0 aliphatic rings. The highest BCUT2D eigenvalue weighted by Crippen LogP contribution is 2.19. The first-order valence-electron chi connectivity index (χ1n) is 9.16. The minimum Gasteiger partial charge on any atom is -0.352 e. The zero-order valence-electron chi connectivity index (χ0n) is 15.5. The molecule has 4 nitrogen and oxygen atoms in total. The van der Waals surface area contributed by atoms with Gasteiger partial charge < -0.3 is 10.2 Å². The monoisotopic (exact) mass is 339 g/mol. The lowest BCUT2D eigenvalue weighted by Crippen LogP contribution is -2.31. The van der Waals surface area contributed by atoms with Crippen molar-refractivity contribution in [2.75, 3.05) is 11.4 Å². The van der Waals surface area contributed by atoms with Gasteiger partial charge in [0.05, 0.1) is 0 Å². The number of hydrogen-bond acceptors (Lipinski definition) is 3. The Hall–Kier alpha value is -2.36. The van der Waals surface area contributed by atoms with Crippen LogP contribution in [-0.4, -0.2) is 23.5 Å². The van der Waals surface area contributed by atoms with Crippen LogP contribution in [0.1, 0.15) is 56.0 Å². The number of pyridine rings is 1. The molecule has 0 aliphatic carbocycles. The second-order valence-electron chi connectivity index (χ2n) is 6.57. The van der Waals surface area contributed by atoms with E-state index >= 15 is 0 Å². The average Bonchev–Trinajstić information content (AvgIpc) is 2.64. The van der Waals surface area contributed by atoms with Crippen molar-refractivity contribution in [2.24, 2.45) is 0 Å². The van der Waals surface area contributed by atoms with E-state index in [-0.39, 0.29) is 11.9 Å². The van der Waals surface area contributed by atoms with Crippen LogP contribution in [0.2, 0.25) is 0 Å². The Labute approximate surface area is 151 Å². The summed E-state index contributed by atoms with van der Waals surface area (Å²) in [5, 5.41) is 2.99. The first-order valence-corrected chi connectivity index (χ1v) is 9.16. The van der Waals surface area contributed by atoms with Gasteiger partial charge in [-0.1, -0.05) is 50.1 Å². The van der Waals surface area contributed by atoms with Gasteiger partial charge in [-0.25, -0.2) is 4.98 Å². The third-order valence-electron chi connectivity index (χ3n) is 4.19. The van der Waals surface area contributed by atoms with Gasteiger partial charge in [0.2, 0.25) is 0 Å². The predicted octanol–water partition coefficient (Wildman–Crippen LogP) is 4.42. The fourth-order valence-corrected chi connectivity index (χ4v) is 2.70. The number of anilines is 1. The molecular weight excluding hydrogens is 310 g/mol. The molecule has 1 amide bonds. The van der Waals surface area contributed by atoms with Gasteiger partial charge in [0, 0.05) is 30.9 Å². The lowest BCUT2D eigenvalue weighted by atomic mass is 10.1. The molecule has 25 heavy (non-hydrogen) atoms. The van der Waals surface area contributed by atoms with Crippen molar-refractivity contribution in [1.29, 1.82) is 0 Å². The second kappa shape index (κ2) is 9.82. The lowest BCUT2D eigenvalue weighted by Gasteiger charge is -2.28. The van der Waals surface area contributed by atoms with Crippen LogP contribution < -0.4 is 10.2 Å². The summed E-state index contributed by atoms with van der Waals surface area (Å²) in [6.45, 7) is 7.93. The number of aromatic nitrogens is 1. The third-order valence-corrected chi connectivity index (χ3v) is 4.19. The fourth-order valence-electron chi connectivity index (χ4n) is 2.70. The summed E-state index contributed by atoms with van der Waals surface area (Å²) in [5.41, 5.74) is 1.90. The van der Waals surface area contributed by atoms with E-state index in [1.165, 1.54) is 5.56 Å². The largest absolute Gasteiger partial charge is 0.352 e. The van der Waals surface area contributed by atoms with Crippen molar-refractivity contribution in [3.63, 3.8) is 0 Å². The molecule has 0 unspecified atom stereocenters. The predicted molar refractivity (Wildman–Crippen MR) is 104 cm³/mol. The number of rotatable bonds is 9. The van der Waals surface area contributed by atoms with Gasteiger partial charge in [-0.3, -0.25) is 4.79 Å². The molecule has 1 aromatic heterocycles. The van der Waals surface area contributed by atoms with Gasteiger partial charge in [-0.2, -0.15) is 0 Å². The lowest BCUT2D eigenvalue weighted by molar-refractivity contribution is 0.0953. The maximum atomic E-state index is 12.4. The van der Waals surface area contributed by atoms with E-state index in [0.29, 0.717) is 5.56 Å². The number of nitrogens with one attached hydrogen (secondary N) is 1. The Balaban J connectivity index is 2.10. The zero-order valence-corrected chi connectivity index (χ0v) is 15.5. The summed E-state index contributed by atoms with van der Waals surface area (Å²) in [7, 11) is 0. The maximum Gasteiger partial charge on any atom is 0.251 e. The van der Waals surface area contributed by atoms with Crippen molar-refractivity contribution in [3.05, 3.63) is 59.8 Å². The summed E-state index contributed by atoms with van der Waals surface area (Å²) in [5.74, 6) is 0.809. The van der Waals surface area contributed by atoms with E-state index in [1.807, 2.05) is 24.3 Å². The molecule has 0 aliphatic heterocycles. The number of carbonyl (C=O) groups is 1. The van der Waals surface area contributed by atoms with Crippen molar-refractivity contribution in [2.45, 2.75) is 52.6 Å². The smallest absolute Gasteiger partial charge is 0.251 e. The summed E-state index contributed by atoms with van der Waals surface area (Å²) >= 11 is 0. The number of unbranched alkanes of at least 4 members (excludes halogenated alkanes) is 2. The number of amides is 1. The highest BCUT2D eigenvalue weighted by Gasteiger charge is 2.15. The van der Waals surface area contributed by atoms with E-state index in [4.69, 9.17) is 0 Å². The van der Waals surface area contributed by atoms with E-state index < -0.39 is 0 Å². The summed E-state index contributed by atoms with van der Waals surface area (Å²) in [6, 6.07) is 14.3. The number of benzene rings is 1. The molecule has 1 aromatic carbocycles. The minimum absolute atomic E-state index is 0.0248. The quantitative estimate of drug-likeness (QED) is 0.688. The van der Waals surface area contributed by atoms with Crippen molar-refractivity contribution in [1.82, 2.24) is 10.3 Å². The van der Waals surface area contributed by atoms with Crippen molar-refractivity contribution >= 4 is 11.7 Å². The molecule has 1 N–H and O–H groups in total. The van der Waals surface area contributed by atoms with Gasteiger partial charge >= 0.3 is 0 Å². The molecule has 0 saturated heterocycles. The number of carbonyl (C=O) groups excluding carboxylic acids is 1. The molecule has 0 spiro atoms. The van der Waals surface area contributed by atoms with E-state index in [0.717, 1.165) is 38.2 Å². The second-order valence-corrected chi connectivity index (χ2v) is 6.57. The van der Waals surface area contributed by atoms with Crippen LogP contribution in [0.15, 0.2) is 48.7 Å². The molecule has 0 bridgehead atoms. The SMILES string of the molecule is CCCCCNC(=O)c1ccnc(N(Cc2ccccc2)C(C)C)c1. The summed E-state index contributed by atoms with van der Waals surface area (Å²) < 4.78 is 0. The topological polar surface area (TPSA) is 45.2 Å². The zero-order chi connectivity index (χ0) is 18.1. The average molecular weight is 339 g/mol. The first-order chi connectivity index (χ1) is 12.1. The highest BCUT2D eigenvalue weighted by atomic mass is 16.1. The van der Waals surface area contributed by atoms with Gasteiger partial charge in [-0.15, -0.1) is 0 Å². The molecule has 0 radical (unpaired) electrons. The number of hydrogen-bond donors (Lipinski definition) is 1. The molecule has 0 atom stereocenters. The number of nitrogens with zero attached hydrogens (tertiary/aromatic N) is 2. The fraction of sp³-hybridized carbons (Fsp3) is 0.429. The molecule has 2 rings (SSSR count). The Morgan fingerprint density at radius 1 is 1.16 bits per heavy atom. The highest BCUT2D eigenvalue weighted by molar-refractivity contribution is 5.94. The van der Waals surface area contributed by atoms with Crippen LogP contribution in [0.3, 0.4) is 0 Å². The van der Waals surface area contributed by atoms with Gasteiger partial charge in [0.15, 0.2) is 0 Å². The normalized spacial score (nSPS) is 10.7. The molecular formula is C21H29N3O. The van der Waals surface area contributed by atoms with Gasteiger partial charge in [-0.05, 0) is 38.0 Å². The maximum absolute atomic E-state index is 12.4. The Morgan fingerprint density at radius 2 is 1.92 bits per heavy atom. The molecule has 0 fully saturated rings. The summed E-state index contributed by atoms with van der Waals surface area (Å²) in [6.07, 6.45) is 5.03. The van der Waals surface area contributed by atoms with E-state index in [9.17, 15) is 4.79 Å². The van der Waals surface area contributed by atoms with Crippen LogP contribution in [-0.2, 0) is 6.54 Å². The van der Waals surface area contributed by atoms with Crippen LogP contribution in [0.4, 0.5) is 5.82 Å². The Kier molecular flexibility index (Phi) is 7.45. The standard InChI is InChI=1S/C21H29N3O/c1-4-5-9-13-23-21(25)19-12-14-22-20(15-19)24(17(2)3)16-18-10-7-6-8-11-18/h6-8,10-12,14-15,17H,4-5,9,13,16H2,1-3H3,(H,23,25). The van der Waals surface area contributed by atoms with Crippen LogP contribution in [0.5, 0.6) is 0 Å². The first kappa shape index (κ1) is 19.0. The van der Waals surface area contributed by atoms with Crippen molar-refractivity contribution < 1.29 is 4.79 Å². The molecule has 1 heterocycles. The van der Waals surface area contributed by atoms with E-state index in [1.54, 1.807) is 12.3 Å². The Bertz CT molecular complexity index is 655. The summed E-state index contributed by atoms with van der Waals surface area (Å²) in [4.78, 5) is 19.1. The van der Waals surface area contributed by atoms with Crippen LogP contribution in [0.25, 0.3) is 0 Å². The van der Waals surface area contributed by atoms with Crippen LogP contribution >= 0.6 is 0 Å². The minimum atomic E-state index is -0.0248. The molecule has 0 saturated carbocycles. The third kappa shape index (κ3) is 5.89. The van der Waals surface area contributed by atoms with Crippen molar-refractivity contribution in [3.8, 4) is 0 Å². The Morgan fingerprint density at radius 3 is 2.60 bits per heavy atom.